The molecule has 1 aromatic rings. The summed E-state index contributed by atoms with van der Waals surface area (Å²) in [6, 6.07) is 6.31. The Labute approximate surface area is 112 Å². The summed E-state index contributed by atoms with van der Waals surface area (Å²) >= 11 is 0. The van der Waals surface area contributed by atoms with Crippen LogP contribution < -0.4 is 5.32 Å². The lowest BCUT2D eigenvalue weighted by Crippen LogP contribution is -2.26. The third kappa shape index (κ3) is 4.17. The number of halogens is 1. The first-order valence-corrected chi connectivity index (χ1v) is 6.53. The molecule has 0 radical (unpaired) electrons. The van der Waals surface area contributed by atoms with Gasteiger partial charge in [-0.15, -0.1) is 0 Å². The summed E-state index contributed by atoms with van der Waals surface area (Å²) < 4.78 is 13.3. The third-order valence-corrected chi connectivity index (χ3v) is 3.40. The second-order valence-electron chi connectivity index (χ2n) is 4.93. The highest BCUT2D eigenvalue weighted by Gasteiger charge is 2.22. The van der Waals surface area contributed by atoms with Crippen molar-refractivity contribution in [3.63, 3.8) is 0 Å². The van der Waals surface area contributed by atoms with Crippen LogP contribution in [0.25, 0.3) is 6.08 Å². The zero-order chi connectivity index (χ0) is 13.7. The number of benzene rings is 1. The number of hydrogen-bond acceptors (Lipinski definition) is 2. The fourth-order valence-corrected chi connectivity index (χ4v) is 2.31. The summed E-state index contributed by atoms with van der Waals surface area (Å²) in [5.41, 5.74) is 0.397. The van der Waals surface area contributed by atoms with Crippen molar-refractivity contribution in [3.8, 4) is 0 Å². The summed E-state index contributed by atoms with van der Waals surface area (Å²) in [7, 11) is 0. The topological polar surface area (TPSA) is 49.3 Å². The first-order valence-electron chi connectivity index (χ1n) is 6.53. The van der Waals surface area contributed by atoms with Crippen LogP contribution in [0.15, 0.2) is 30.3 Å². The Hall–Kier alpha value is -1.68. The molecule has 0 saturated heterocycles. The molecular weight excluding hydrogens is 245 g/mol. The molecule has 3 nitrogen and oxygen atoms in total. The van der Waals surface area contributed by atoms with E-state index in [0.29, 0.717) is 18.0 Å². The number of carbonyl (C=O) groups excluding carboxylic acids is 1. The standard InChI is InChI=1S/C15H18FNO2/c16-14-4-2-1-3-12(14)6-8-15(19)17-10-11-5-7-13(18)9-11/h1-4,6,8,11,13,18H,5,7,9-10H2,(H,17,19)/b8-6+. The van der Waals surface area contributed by atoms with Crippen molar-refractivity contribution < 1.29 is 14.3 Å². The molecule has 102 valence electrons. The Morgan fingerprint density at radius 2 is 2.21 bits per heavy atom. The van der Waals surface area contributed by atoms with Gasteiger partial charge in [-0.1, -0.05) is 18.2 Å². The van der Waals surface area contributed by atoms with Gasteiger partial charge in [0.25, 0.3) is 0 Å². The minimum Gasteiger partial charge on any atom is -0.393 e. The Morgan fingerprint density at radius 1 is 1.42 bits per heavy atom. The Bertz CT molecular complexity index is 473. The average molecular weight is 263 g/mol. The zero-order valence-electron chi connectivity index (χ0n) is 10.7. The van der Waals surface area contributed by atoms with Gasteiger partial charge in [-0.25, -0.2) is 4.39 Å². The largest absolute Gasteiger partial charge is 0.393 e. The highest BCUT2D eigenvalue weighted by Crippen LogP contribution is 2.24. The highest BCUT2D eigenvalue weighted by molar-refractivity contribution is 5.91. The van der Waals surface area contributed by atoms with E-state index < -0.39 is 0 Å². The zero-order valence-corrected chi connectivity index (χ0v) is 10.7. The second kappa shape index (κ2) is 6.48. The van der Waals surface area contributed by atoms with Gasteiger partial charge in [-0.3, -0.25) is 4.79 Å². The second-order valence-corrected chi connectivity index (χ2v) is 4.93. The molecule has 0 aliphatic heterocycles. The Balaban J connectivity index is 1.80. The first kappa shape index (κ1) is 13.7. The van der Waals surface area contributed by atoms with Crippen molar-refractivity contribution in [2.45, 2.75) is 25.4 Å². The number of carbonyl (C=O) groups is 1. The van der Waals surface area contributed by atoms with Crippen molar-refractivity contribution in [1.82, 2.24) is 5.32 Å². The predicted octanol–water partition coefficient (Wildman–Crippen LogP) is 2.12. The van der Waals surface area contributed by atoms with E-state index in [4.69, 9.17) is 0 Å². The van der Waals surface area contributed by atoms with Gasteiger partial charge in [-0.05, 0) is 37.3 Å². The first-order chi connectivity index (χ1) is 9.15. The molecule has 0 spiro atoms. The summed E-state index contributed by atoms with van der Waals surface area (Å²) in [6.07, 6.45) is 5.08. The summed E-state index contributed by atoms with van der Waals surface area (Å²) in [5.74, 6) is -0.226. The van der Waals surface area contributed by atoms with Gasteiger partial charge in [0.15, 0.2) is 0 Å². The minimum atomic E-state index is -0.342. The number of aliphatic hydroxyl groups excluding tert-OH is 1. The molecule has 1 fully saturated rings. The maximum absolute atomic E-state index is 13.3. The van der Waals surface area contributed by atoms with Crippen molar-refractivity contribution in [2.24, 2.45) is 5.92 Å². The molecule has 1 amide bonds. The molecule has 1 saturated carbocycles. The van der Waals surface area contributed by atoms with E-state index >= 15 is 0 Å². The van der Waals surface area contributed by atoms with Gasteiger partial charge >= 0.3 is 0 Å². The van der Waals surface area contributed by atoms with Crippen LogP contribution in [0.2, 0.25) is 0 Å². The lowest BCUT2D eigenvalue weighted by atomic mass is 10.1. The molecule has 2 unspecified atom stereocenters. The van der Waals surface area contributed by atoms with Gasteiger partial charge in [-0.2, -0.15) is 0 Å². The molecule has 0 heterocycles. The van der Waals surface area contributed by atoms with Gasteiger partial charge in [0.2, 0.25) is 5.91 Å². The smallest absolute Gasteiger partial charge is 0.244 e. The van der Waals surface area contributed by atoms with Crippen LogP contribution >= 0.6 is 0 Å². The molecule has 0 aromatic heterocycles. The van der Waals surface area contributed by atoms with Crippen molar-refractivity contribution in [2.75, 3.05) is 6.54 Å². The van der Waals surface area contributed by atoms with E-state index in [-0.39, 0.29) is 17.8 Å². The molecule has 4 heteroatoms. The van der Waals surface area contributed by atoms with E-state index in [0.717, 1.165) is 19.3 Å². The van der Waals surface area contributed by atoms with E-state index in [1.165, 1.54) is 18.2 Å². The van der Waals surface area contributed by atoms with E-state index in [2.05, 4.69) is 5.32 Å². The van der Waals surface area contributed by atoms with Crippen LogP contribution in [0.4, 0.5) is 4.39 Å². The average Bonchev–Trinajstić information content (AvgIpc) is 2.81. The van der Waals surface area contributed by atoms with Gasteiger partial charge in [0.1, 0.15) is 5.82 Å². The van der Waals surface area contributed by atoms with Crippen LogP contribution in [0, 0.1) is 11.7 Å². The molecule has 2 N–H and O–H groups in total. The highest BCUT2D eigenvalue weighted by atomic mass is 19.1. The van der Waals surface area contributed by atoms with E-state index in [1.807, 2.05) is 0 Å². The summed E-state index contributed by atoms with van der Waals surface area (Å²) in [5, 5.41) is 12.2. The molecular formula is C15H18FNO2. The number of nitrogens with one attached hydrogen (secondary N) is 1. The summed E-state index contributed by atoms with van der Waals surface area (Å²) in [4.78, 5) is 11.6. The predicted molar refractivity (Wildman–Crippen MR) is 71.8 cm³/mol. The number of amides is 1. The number of hydrogen-bond donors (Lipinski definition) is 2. The SMILES string of the molecule is O=C(/C=C/c1ccccc1F)NCC1CCC(O)C1. The van der Waals surface area contributed by atoms with Crippen LogP contribution in [-0.4, -0.2) is 23.7 Å². The monoisotopic (exact) mass is 263 g/mol. The van der Waals surface area contributed by atoms with Gasteiger partial charge in [0, 0.05) is 18.2 Å². The third-order valence-electron chi connectivity index (χ3n) is 3.40. The van der Waals surface area contributed by atoms with Crippen LogP contribution in [-0.2, 0) is 4.79 Å². The molecule has 2 atom stereocenters. The molecule has 0 bridgehead atoms. The van der Waals surface area contributed by atoms with Gasteiger partial charge < -0.3 is 10.4 Å². The number of rotatable bonds is 4. The quantitative estimate of drug-likeness (QED) is 0.817. The van der Waals surface area contributed by atoms with E-state index in [1.54, 1.807) is 18.2 Å². The maximum Gasteiger partial charge on any atom is 0.244 e. The van der Waals surface area contributed by atoms with E-state index in [9.17, 15) is 14.3 Å². The molecule has 1 aliphatic rings. The molecule has 2 rings (SSSR count). The summed E-state index contributed by atoms with van der Waals surface area (Å²) in [6.45, 7) is 0.567. The van der Waals surface area contributed by atoms with Crippen LogP contribution in [0.1, 0.15) is 24.8 Å². The van der Waals surface area contributed by atoms with Crippen LogP contribution in [0.3, 0.4) is 0 Å². The molecule has 1 aliphatic carbocycles. The lowest BCUT2D eigenvalue weighted by molar-refractivity contribution is -0.116. The van der Waals surface area contributed by atoms with Crippen molar-refractivity contribution in [1.29, 1.82) is 0 Å². The molecule has 19 heavy (non-hydrogen) atoms. The van der Waals surface area contributed by atoms with Crippen molar-refractivity contribution in [3.05, 3.63) is 41.7 Å². The minimum absolute atomic E-state index is 0.226. The fourth-order valence-electron chi connectivity index (χ4n) is 2.31. The van der Waals surface area contributed by atoms with Crippen LogP contribution in [0.5, 0.6) is 0 Å². The fraction of sp³-hybridized carbons (Fsp3) is 0.400. The lowest BCUT2D eigenvalue weighted by Gasteiger charge is -2.09. The Kier molecular flexibility index (Phi) is 4.68. The number of aliphatic hydroxyl groups is 1. The molecule has 1 aromatic carbocycles. The van der Waals surface area contributed by atoms with Gasteiger partial charge in [0.05, 0.1) is 6.10 Å². The normalized spacial score (nSPS) is 22.8. The Morgan fingerprint density at radius 3 is 2.89 bits per heavy atom. The van der Waals surface area contributed by atoms with Crippen molar-refractivity contribution >= 4 is 12.0 Å². The maximum atomic E-state index is 13.3.